The van der Waals surface area contributed by atoms with Crippen LogP contribution in [0.15, 0.2) is 59.5 Å². The molecule has 0 aliphatic carbocycles. The van der Waals surface area contributed by atoms with Gasteiger partial charge in [-0.1, -0.05) is 30.3 Å². The first-order valence-corrected chi connectivity index (χ1v) is 11.3. The highest BCUT2D eigenvalue weighted by Gasteiger charge is 2.27. The van der Waals surface area contributed by atoms with E-state index in [0.717, 1.165) is 16.3 Å². The molecule has 1 saturated heterocycles. The summed E-state index contributed by atoms with van der Waals surface area (Å²) in [6.07, 6.45) is 0.415. The second-order valence-electron chi connectivity index (χ2n) is 7.40. The van der Waals surface area contributed by atoms with E-state index in [0.29, 0.717) is 38.3 Å². The third kappa shape index (κ3) is 4.51. The molecule has 2 heterocycles. The van der Waals surface area contributed by atoms with E-state index in [-0.39, 0.29) is 30.6 Å². The van der Waals surface area contributed by atoms with Gasteiger partial charge in [0.2, 0.25) is 11.8 Å². The van der Waals surface area contributed by atoms with E-state index in [2.05, 4.69) is 0 Å². The lowest BCUT2D eigenvalue weighted by molar-refractivity contribution is -0.134. The summed E-state index contributed by atoms with van der Waals surface area (Å²) in [5.74, 6) is 0.844. The second kappa shape index (κ2) is 9.34. The normalized spacial score (nSPS) is 16.2. The smallest absolute Gasteiger partial charge is 0.253 e. The highest BCUT2D eigenvalue weighted by molar-refractivity contribution is 7.99. The molecule has 1 fully saturated rings. The molecule has 0 unspecified atom stereocenters. The Kier molecular flexibility index (Phi) is 6.38. The molecule has 2 aromatic rings. The van der Waals surface area contributed by atoms with E-state index in [9.17, 15) is 14.4 Å². The molecule has 3 amide bonds. The van der Waals surface area contributed by atoms with Crippen molar-refractivity contribution < 1.29 is 14.4 Å². The predicted octanol–water partition coefficient (Wildman–Crippen LogP) is 2.89. The molecule has 0 atom stereocenters. The summed E-state index contributed by atoms with van der Waals surface area (Å²) in [4.78, 5) is 44.4. The van der Waals surface area contributed by atoms with Crippen molar-refractivity contribution in [3.8, 4) is 0 Å². The van der Waals surface area contributed by atoms with Crippen LogP contribution in [0.25, 0.3) is 0 Å². The van der Waals surface area contributed by atoms with Crippen molar-refractivity contribution in [2.75, 3.05) is 43.4 Å². The fourth-order valence-electron chi connectivity index (χ4n) is 3.86. The Bertz CT molecular complexity index is 926. The van der Waals surface area contributed by atoms with E-state index < -0.39 is 0 Å². The van der Waals surface area contributed by atoms with Gasteiger partial charge in [-0.3, -0.25) is 14.4 Å². The van der Waals surface area contributed by atoms with Crippen LogP contribution in [0.3, 0.4) is 0 Å². The van der Waals surface area contributed by atoms with Crippen molar-refractivity contribution in [3.63, 3.8) is 0 Å². The van der Waals surface area contributed by atoms with Crippen LogP contribution in [-0.4, -0.2) is 66.0 Å². The average molecular weight is 424 g/mol. The Labute approximate surface area is 180 Å². The summed E-state index contributed by atoms with van der Waals surface area (Å²) in [5.41, 5.74) is 1.61. The lowest BCUT2D eigenvalue weighted by Crippen LogP contribution is -2.50. The van der Waals surface area contributed by atoms with Gasteiger partial charge in [-0.15, -0.1) is 11.8 Å². The predicted molar refractivity (Wildman–Crippen MR) is 118 cm³/mol. The number of rotatable bonds is 4. The molecule has 2 aliphatic rings. The van der Waals surface area contributed by atoms with Gasteiger partial charge < -0.3 is 14.7 Å². The molecule has 2 aromatic carbocycles. The summed E-state index contributed by atoms with van der Waals surface area (Å²) in [7, 11) is 0. The molecular weight excluding hydrogens is 398 g/mol. The van der Waals surface area contributed by atoms with Gasteiger partial charge in [0.15, 0.2) is 0 Å². The molecule has 0 N–H and O–H groups in total. The van der Waals surface area contributed by atoms with Crippen molar-refractivity contribution >= 4 is 35.2 Å². The SMILES string of the molecule is O=C(CCC(=O)N1CCSc2ccccc21)N1CCN(C(=O)c2ccccc2)CC1. The van der Waals surface area contributed by atoms with Gasteiger partial charge in [0.05, 0.1) is 5.69 Å². The zero-order valence-electron chi connectivity index (χ0n) is 16.8. The summed E-state index contributed by atoms with van der Waals surface area (Å²) in [6.45, 7) is 2.73. The second-order valence-corrected chi connectivity index (χ2v) is 8.54. The molecule has 0 aromatic heterocycles. The summed E-state index contributed by atoms with van der Waals surface area (Å²) < 4.78 is 0. The summed E-state index contributed by atoms with van der Waals surface area (Å²) in [5, 5.41) is 0. The van der Waals surface area contributed by atoms with Crippen LogP contribution in [-0.2, 0) is 9.59 Å². The van der Waals surface area contributed by atoms with Crippen molar-refractivity contribution in [2.45, 2.75) is 17.7 Å². The van der Waals surface area contributed by atoms with E-state index in [1.165, 1.54) is 0 Å². The maximum absolute atomic E-state index is 12.7. The van der Waals surface area contributed by atoms with Crippen molar-refractivity contribution in [2.24, 2.45) is 0 Å². The minimum absolute atomic E-state index is 0.000453. The van der Waals surface area contributed by atoms with Crippen LogP contribution in [0.4, 0.5) is 5.69 Å². The largest absolute Gasteiger partial charge is 0.339 e. The van der Waals surface area contributed by atoms with Crippen LogP contribution >= 0.6 is 11.8 Å². The topological polar surface area (TPSA) is 60.9 Å². The number of fused-ring (bicyclic) bond motifs is 1. The van der Waals surface area contributed by atoms with Gasteiger partial charge in [0.1, 0.15) is 0 Å². The highest BCUT2D eigenvalue weighted by Crippen LogP contribution is 2.34. The van der Waals surface area contributed by atoms with Crippen LogP contribution in [0, 0.1) is 0 Å². The van der Waals surface area contributed by atoms with Crippen LogP contribution in [0.5, 0.6) is 0 Å². The Balaban J connectivity index is 1.27. The fourth-order valence-corrected chi connectivity index (χ4v) is 4.85. The van der Waals surface area contributed by atoms with E-state index in [1.807, 2.05) is 54.6 Å². The standard InChI is InChI=1S/C23H25N3O3S/c27-21(10-11-22(28)26-16-17-30-20-9-5-4-8-19(20)26)24-12-14-25(15-13-24)23(29)18-6-2-1-3-7-18/h1-9H,10-17H2. The number of hydrogen-bond donors (Lipinski definition) is 0. The number of carbonyl (C=O) groups excluding carboxylic acids is 3. The number of piperazine rings is 1. The Morgan fingerprint density at radius 3 is 2.13 bits per heavy atom. The number of para-hydroxylation sites is 1. The number of hydrogen-bond acceptors (Lipinski definition) is 4. The summed E-state index contributed by atoms with van der Waals surface area (Å²) in [6, 6.07) is 17.1. The molecule has 2 aliphatic heterocycles. The van der Waals surface area contributed by atoms with Gasteiger partial charge in [-0.2, -0.15) is 0 Å². The number of amides is 3. The third-order valence-electron chi connectivity index (χ3n) is 5.52. The van der Waals surface area contributed by atoms with E-state index >= 15 is 0 Å². The van der Waals surface area contributed by atoms with Crippen molar-refractivity contribution in [1.82, 2.24) is 9.80 Å². The molecule has 6 nitrogen and oxygen atoms in total. The molecule has 0 bridgehead atoms. The molecule has 30 heavy (non-hydrogen) atoms. The maximum Gasteiger partial charge on any atom is 0.253 e. The lowest BCUT2D eigenvalue weighted by Gasteiger charge is -2.35. The van der Waals surface area contributed by atoms with E-state index in [1.54, 1.807) is 26.5 Å². The van der Waals surface area contributed by atoms with E-state index in [4.69, 9.17) is 0 Å². The first-order valence-electron chi connectivity index (χ1n) is 10.3. The number of carbonyl (C=O) groups is 3. The van der Waals surface area contributed by atoms with Gasteiger partial charge >= 0.3 is 0 Å². The maximum atomic E-state index is 12.7. The van der Waals surface area contributed by atoms with Gasteiger partial charge in [-0.25, -0.2) is 0 Å². The van der Waals surface area contributed by atoms with Crippen LogP contribution in [0.2, 0.25) is 0 Å². The molecular formula is C23H25N3O3S. The monoisotopic (exact) mass is 423 g/mol. The Morgan fingerprint density at radius 2 is 1.37 bits per heavy atom. The quantitative estimate of drug-likeness (QED) is 0.759. The highest BCUT2D eigenvalue weighted by atomic mass is 32.2. The molecule has 156 valence electrons. The first kappa shape index (κ1) is 20.5. The molecule has 4 rings (SSSR count). The Hall–Kier alpha value is -2.80. The molecule has 0 radical (unpaired) electrons. The molecule has 0 saturated carbocycles. The number of thioether (sulfide) groups is 1. The average Bonchev–Trinajstić information content (AvgIpc) is 2.82. The molecule has 7 heteroatoms. The van der Waals surface area contributed by atoms with Crippen LogP contribution < -0.4 is 4.90 Å². The number of nitrogens with zero attached hydrogens (tertiary/aromatic N) is 3. The summed E-state index contributed by atoms with van der Waals surface area (Å²) >= 11 is 1.76. The van der Waals surface area contributed by atoms with Gasteiger partial charge in [0, 0.05) is 61.8 Å². The number of anilines is 1. The first-order chi connectivity index (χ1) is 14.6. The minimum atomic E-state index is -0.0187. The van der Waals surface area contributed by atoms with Crippen molar-refractivity contribution in [3.05, 3.63) is 60.2 Å². The zero-order chi connectivity index (χ0) is 20.9. The van der Waals surface area contributed by atoms with Gasteiger partial charge in [0.25, 0.3) is 5.91 Å². The molecule has 0 spiro atoms. The number of benzene rings is 2. The van der Waals surface area contributed by atoms with Crippen molar-refractivity contribution in [1.29, 1.82) is 0 Å². The zero-order valence-corrected chi connectivity index (χ0v) is 17.6. The minimum Gasteiger partial charge on any atom is -0.339 e. The van der Waals surface area contributed by atoms with Gasteiger partial charge in [-0.05, 0) is 24.3 Å². The fraction of sp³-hybridized carbons (Fsp3) is 0.348. The van der Waals surface area contributed by atoms with Crippen LogP contribution in [0.1, 0.15) is 23.2 Å². The Morgan fingerprint density at radius 1 is 0.733 bits per heavy atom. The lowest BCUT2D eigenvalue weighted by atomic mass is 10.1. The third-order valence-corrected chi connectivity index (χ3v) is 6.57.